The summed E-state index contributed by atoms with van der Waals surface area (Å²) in [5, 5.41) is 3.66. The lowest BCUT2D eigenvalue weighted by Crippen LogP contribution is -2.20. The van der Waals surface area contributed by atoms with E-state index < -0.39 is 0 Å². The van der Waals surface area contributed by atoms with Crippen molar-refractivity contribution in [1.29, 1.82) is 0 Å². The van der Waals surface area contributed by atoms with Crippen LogP contribution in [0.4, 0.5) is 0 Å². The van der Waals surface area contributed by atoms with Crippen molar-refractivity contribution < 1.29 is 0 Å². The molecule has 0 spiro atoms. The summed E-state index contributed by atoms with van der Waals surface area (Å²) in [5.41, 5.74) is 3.14. The maximum atomic E-state index is 3.66. The highest BCUT2D eigenvalue weighted by molar-refractivity contribution is 5.29. The number of hydrogen-bond donors (Lipinski definition) is 1. The molecule has 94 valence electrons. The van der Waals surface area contributed by atoms with E-state index in [1.54, 1.807) is 0 Å². The lowest BCUT2D eigenvalue weighted by atomic mass is 9.86. The molecule has 0 saturated carbocycles. The van der Waals surface area contributed by atoms with Gasteiger partial charge in [0.1, 0.15) is 0 Å². The van der Waals surface area contributed by atoms with Gasteiger partial charge in [0.2, 0.25) is 0 Å². The van der Waals surface area contributed by atoms with E-state index in [1.807, 2.05) is 0 Å². The van der Waals surface area contributed by atoms with Gasteiger partial charge >= 0.3 is 0 Å². The Morgan fingerprint density at radius 2 is 1.71 bits per heavy atom. The molecular weight excluding hydrogens is 206 g/mol. The largest absolute Gasteiger partial charge is 0.310 e. The van der Waals surface area contributed by atoms with Crippen LogP contribution in [0, 0.1) is 0 Å². The van der Waals surface area contributed by atoms with E-state index in [0.29, 0.717) is 6.04 Å². The van der Waals surface area contributed by atoms with Crippen LogP contribution in [0.2, 0.25) is 0 Å². The number of rotatable bonds is 1. The smallest absolute Gasteiger partial charge is 0.0320 e. The zero-order chi connectivity index (χ0) is 12.3. The zero-order valence-corrected chi connectivity index (χ0v) is 11.4. The van der Waals surface area contributed by atoms with Gasteiger partial charge in [0.25, 0.3) is 0 Å². The molecule has 1 atom stereocenters. The average molecular weight is 231 g/mol. The fourth-order valence-electron chi connectivity index (χ4n) is 2.53. The van der Waals surface area contributed by atoms with Crippen molar-refractivity contribution in [3.05, 3.63) is 35.4 Å². The van der Waals surface area contributed by atoms with Crippen molar-refractivity contribution in [2.24, 2.45) is 0 Å². The highest BCUT2D eigenvalue weighted by Gasteiger charge is 2.16. The van der Waals surface area contributed by atoms with Crippen LogP contribution in [0.3, 0.4) is 0 Å². The summed E-state index contributed by atoms with van der Waals surface area (Å²) in [5.74, 6) is 0. The van der Waals surface area contributed by atoms with E-state index in [1.165, 1.54) is 43.4 Å². The predicted octanol–water partition coefficient (Wildman–Crippen LogP) is 4.19. The molecule has 0 radical (unpaired) electrons. The molecule has 1 aliphatic rings. The Bertz CT molecular complexity index is 337. The minimum absolute atomic E-state index is 0.259. The van der Waals surface area contributed by atoms with E-state index in [9.17, 15) is 0 Å². The average Bonchev–Trinajstić information content (AvgIpc) is 2.56. The molecule has 0 bridgehead atoms. The summed E-state index contributed by atoms with van der Waals surface area (Å²) in [7, 11) is 0. The first-order valence-electron chi connectivity index (χ1n) is 6.91. The highest BCUT2D eigenvalue weighted by atomic mass is 14.9. The van der Waals surface area contributed by atoms with Crippen molar-refractivity contribution >= 4 is 0 Å². The van der Waals surface area contributed by atoms with E-state index in [2.05, 4.69) is 50.4 Å². The lowest BCUT2D eigenvalue weighted by Gasteiger charge is -2.21. The molecule has 1 nitrogen and oxygen atoms in total. The van der Waals surface area contributed by atoms with Gasteiger partial charge in [-0.15, -0.1) is 0 Å². The summed E-state index contributed by atoms with van der Waals surface area (Å²) >= 11 is 0. The van der Waals surface area contributed by atoms with Crippen LogP contribution in [0.1, 0.15) is 63.6 Å². The molecule has 2 rings (SSSR count). The molecular formula is C16H25N. The second-order valence-electron chi connectivity index (χ2n) is 6.23. The van der Waals surface area contributed by atoms with Gasteiger partial charge in [0.15, 0.2) is 0 Å². The Morgan fingerprint density at radius 3 is 2.35 bits per heavy atom. The van der Waals surface area contributed by atoms with E-state index in [4.69, 9.17) is 0 Å². The van der Waals surface area contributed by atoms with Crippen LogP contribution >= 0.6 is 0 Å². The van der Waals surface area contributed by atoms with Crippen molar-refractivity contribution in [1.82, 2.24) is 5.32 Å². The summed E-state index contributed by atoms with van der Waals surface area (Å²) in [6.07, 6.45) is 5.35. The molecule has 1 unspecified atom stereocenters. The molecule has 1 aromatic carbocycles. The van der Waals surface area contributed by atoms with Gasteiger partial charge in [-0.05, 0) is 35.9 Å². The first kappa shape index (κ1) is 12.6. The summed E-state index contributed by atoms with van der Waals surface area (Å²) in [4.78, 5) is 0. The van der Waals surface area contributed by atoms with Crippen molar-refractivity contribution in [3.8, 4) is 0 Å². The second-order valence-corrected chi connectivity index (χ2v) is 6.23. The second kappa shape index (κ2) is 5.22. The normalized spacial score (nSPS) is 22.2. The standard InChI is InChI=1S/C16H25N/c1-16(2,3)14-10-8-13(9-11-14)15-7-5-4-6-12-17-15/h8-11,15,17H,4-7,12H2,1-3H3. The van der Waals surface area contributed by atoms with Gasteiger partial charge in [-0.3, -0.25) is 0 Å². The molecule has 1 aliphatic heterocycles. The Balaban J connectivity index is 2.11. The predicted molar refractivity (Wildman–Crippen MR) is 74.4 cm³/mol. The first-order chi connectivity index (χ1) is 8.07. The van der Waals surface area contributed by atoms with E-state index in [-0.39, 0.29) is 5.41 Å². The van der Waals surface area contributed by atoms with Gasteiger partial charge in [0.05, 0.1) is 0 Å². The monoisotopic (exact) mass is 231 g/mol. The molecule has 0 amide bonds. The third-order valence-electron chi connectivity index (χ3n) is 3.74. The van der Waals surface area contributed by atoms with Gasteiger partial charge in [-0.2, -0.15) is 0 Å². The molecule has 1 fully saturated rings. The van der Waals surface area contributed by atoms with Crippen LogP contribution in [-0.4, -0.2) is 6.54 Å². The van der Waals surface area contributed by atoms with Crippen LogP contribution in [0.25, 0.3) is 0 Å². The van der Waals surface area contributed by atoms with Crippen molar-refractivity contribution in [2.45, 2.75) is 57.9 Å². The highest BCUT2D eigenvalue weighted by Crippen LogP contribution is 2.26. The fraction of sp³-hybridized carbons (Fsp3) is 0.625. The SMILES string of the molecule is CC(C)(C)c1ccc(C2CCCCCN2)cc1. The number of benzene rings is 1. The third-order valence-corrected chi connectivity index (χ3v) is 3.74. The summed E-state index contributed by atoms with van der Waals surface area (Å²) < 4.78 is 0. The summed E-state index contributed by atoms with van der Waals surface area (Å²) in [6.45, 7) is 7.98. The lowest BCUT2D eigenvalue weighted by molar-refractivity contribution is 0.533. The topological polar surface area (TPSA) is 12.0 Å². The molecule has 0 aliphatic carbocycles. The van der Waals surface area contributed by atoms with Crippen molar-refractivity contribution in [3.63, 3.8) is 0 Å². The van der Waals surface area contributed by atoms with Gasteiger partial charge in [0, 0.05) is 6.04 Å². The molecule has 1 heteroatoms. The van der Waals surface area contributed by atoms with Crippen LogP contribution in [0.5, 0.6) is 0 Å². The molecule has 1 heterocycles. The Labute approximate surface area is 106 Å². The zero-order valence-electron chi connectivity index (χ0n) is 11.4. The van der Waals surface area contributed by atoms with Gasteiger partial charge in [-0.1, -0.05) is 57.9 Å². The molecule has 0 aromatic heterocycles. The molecule has 17 heavy (non-hydrogen) atoms. The third kappa shape index (κ3) is 3.32. The molecule has 1 aromatic rings. The number of nitrogens with one attached hydrogen (secondary N) is 1. The maximum Gasteiger partial charge on any atom is 0.0320 e. The van der Waals surface area contributed by atoms with Crippen LogP contribution < -0.4 is 5.32 Å². The fourth-order valence-corrected chi connectivity index (χ4v) is 2.53. The Hall–Kier alpha value is -0.820. The van der Waals surface area contributed by atoms with Gasteiger partial charge in [-0.25, -0.2) is 0 Å². The number of hydrogen-bond acceptors (Lipinski definition) is 1. The van der Waals surface area contributed by atoms with E-state index in [0.717, 1.165) is 0 Å². The van der Waals surface area contributed by atoms with Crippen LogP contribution in [0.15, 0.2) is 24.3 Å². The van der Waals surface area contributed by atoms with Crippen molar-refractivity contribution in [2.75, 3.05) is 6.54 Å². The Morgan fingerprint density at radius 1 is 1.00 bits per heavy atom. The minimum atomic E-state index is 0.259. The Kier molecular flexibility index (Phi) is 3.88. The first-order valence-corrected chi connectivity index (χ1v) is 6.91. The van der Waals surface area contributed by atoms with Gasteiger partial charge < -0.3 is 5.32 Å². The summed E-state index contributed by atoms with van der Waals surface area (Å²) in [6, 6.07) is 9.78. The maximum absolute atomic E-state index is 3.66. The minimum Gasteiger partial charge on any atom is -0.310 e. The molecule has 1 saturated heterocycles. The molecule has 1 N–H and O–H groups in total. The quantitative estimate of drug-likeness (QED) is 0.764. The van der Waals surface area contributed by atoms with E-state index >= 15 is 0 Å². The van der Waals surface area contributed by atoms with Crippen LogP contribution in [-0.2, 0) is 5.41 Å².